The Balaban J connectivity index is 2.10. The fourth-order valence-corrected chi connectivity index (χ4v) is 2.37. The molecule has 2 rings (SSSR count). The van der Waals surface area contributed by atoms with E-state index in [0.29, 0.717) is 30.2 Å². The predicted molar refractivity (Wildman–Crippen MR) is 72.8 cm³/mol. The first-order valence-electron chi connectivity index (χ1n) is 6.27. The van der Waals surface area contributed by atoms with Crippen molar-refractivity contribution in [3.63, 3.8) is 0 Å². The van der Waals surface area contributed by atoms with Crippen molar-refractivity contribution in [2.24, 2.45) is 11.1 Å². The lowest BCUT2D eigenvalue weighted by molar-refractivity contribution is 0.0723. The van der Waals surface area contributed by atoms with Crippen LogP contribution in [0.3, 0.4) is 0 Å². The van der Waals surface area contributed by atoms with E-state index >= 15 is 0 Å². The predicted octanol–water partition coefficient (Wildman–Crippen LogP) is 2.44. The van der Waals surface area contributed by atoms with E-state index in [1.165, 1.54) is 6.20 Å². The topological polar surface area (TPSA) is 65.8 Å². The van der Waals surface area contributed by atoms with Crippen LogP contribution in [0.4, 0.5) is 0 Å². The second kappa shape index (κ2) is 6.02. The highest BCUT2D eigenvalue weighted by molar-refractivity contribution is 6.30. The lowest BCUT2D eigenvalue weighted by atomic mass is 9.93. The number of rotatable bonds is 2. The van der Waals surface area contributed by atoms with Crippen LogP contribution in [0.5, 0.6) is 0 Å². The van der Waals surface area contributed by atoms with Crippen molar-refractivity contribution < 1.29 is 10.0 Å². The van der Waals surface area contributed by atoms with E-state index in [0.717, 1.165) is 12.1 Å². The molecule has 19 heavy (non-hydrogen) atoms. The van der Waals surface area contributed by atoms with E-state index in [1.54, 1.807) is 17.0 Å². The summed E-state index contributed by atoms with van der Waals surface area (Å²) in [5.41, 5.74) is 1.17. The summed E-state index contributed by atoms with van der Waals surface area (Å²) < 4.78 is 0. The molecule has 1 amide bonds. The molecule has 102 valence electrons. The average Bonchev–Trinajstić information content (AvgIpc) is 2.46. The van der Waals surface area contributed by atoms with Crippen LogP contribution in [0.2, 0.25) is 5.02 Å². The summed E-state index contributed by atoms with van der Waals surface area (Å²) in [6.45, 7) is 3.14. The third-order valence-corrected chi connectivity index (χ3v) is 3.63. The molecule has 1 aromatic rings. The molecule has 1 fully saturated rings. The number of likely N-dealkylation sites (tertiary alicyclic amines) is 1. The van der Waals surface area contributed by atoms with E-state index < -0.39 is 0 Å². The molecule has 0 bridgehead atoms. The number of aromatic nitrogens is 1. The van der Waals surface area contributed by atoms with Crippen molar-refractivity contribution >= 4 is 23.2 Å². The Labute approximate surface area is 116 Å². The van der Waals surface area contributed by atoms with Crippen molar-refractivity contribution in [1.82, 2.24) is 9.88 Å². The van der Waals surface area contributed by atoms with Gasteiger partial charge in [0, 0.05) is 31.6 Å². The molecule has 5 nitrogen and oxygen atoms in total. The van der Waals surface area contributed by atoms with Gasteiger partial charge in [-0.25, -0.2) is 4.98 Å². The summed E-state index contributed by atoms with van der Waals surface area (Å²) in [6.07, 6.45) is 2.92. The van der Waals surface area contributed by atoms with Gasteiger partial charge < -0.3 is 10.1 Å². The second-order valence-electron chi connectivity index (χ2n) is 4.56. The molecule has 1 unspecified atom stereocenters. The van der Waals surface area contributed by atoms with E-state index in [1.807, 2.05) is 6.92 Å². The molecule has 6 heteroatoms. The van der Waals surface area contributed by atoms with E-state index in [2.05, 4.69) is 10.1 Å². The molecule has 1 aliphatic heterocycles. The van der Waals surface area contributed by atoms with Gasteiger partial charge in [0.15, 0.2) is 0 Å². The first-order chi connectivity index (χ1) is 9.15. The summed E-state index contributed by atoms with van der Waals surface area (Å²) in [5, 5.41) is 12.8. The van der Waals surface area contributed by atoms with Crippen LogP contribution in [-0.2, 0) is 0 Å². The Morgan fingerprint density at radius 1 is 1.63 bits per heavy atom. The zero-order chi connectivity index (χ0) is 13.8. The smallest absolute Gasteiger partial charge is 0.272 e. The number of amides is 1. The van der Waals surface area contributed by atoms with Gasteiger partial charge in [0.1, 0.15) is 5.69 Å². The summed E-state index contributed by atoms with van der Waals surface area (Å²) in [7, 11) is 0. The third kappa shape index (κ3) is 3.04. The monoisotopic (exact) mass is 281 g/mol. The number of hydrogen-bond acceptors (Lipinski definition) is 4. The summed E-state index contributed by atoms with van der Waals surface area (Å²) >= 11 is 5.75. The van der Waals surface area contributed by atoms with Crippen LogP contribution < -0.4 is 0 Å². The lowest BCUT2D eigenvalue weighted by Gasteiger charge is -2.32. The zero-order valence-corrected chi connectivity index (χ0v) is 11.5. The molecule has 0 radical (unpaired) electrons. The molecule has 0 saturated carbocycles. The molecule has 2 heterocycles. The lowest BCUT2D eigenvalue weighted by Crippen LogP contribution is -2.44. The van der Waals surface area contributed by atoms with Gasteiger partial charge in [-0.2, -0.15) is 0 Å². The molecule has 1 aliphatic rings. The maximum absolute atomic E-state index is 12.3. The molecule has 1 aromatic heterocycles. The van der Waals surface area contributed by atoms with Gasteiger partial charge in [-0.15, -0.1) is 0 Å². The first-order valence-corrected chi connectivity index (χ1v) is 6.65. The molecule has 1 N–H and O–H groups in total. The Bertz CT molecular complexity index is 487. The quantitative estimate of drug-likeness (QED) is 0.669. The van der Waals surface area contributed by atoms with E-state index in [4.69, 9.17) is 16.8 Å². The normalized spacial score (nSPS) is 21.7. The Kier molecular flexibility index (Phi) is 4.37. The van der Waals surface area contributed by atoms with Crippen molar-refractivity contribution in [2.75, 3.05) is 13.1 Å². The van der Waals surface area contributed by atoms with E-state index in [9.17, 15) is 4.79 Å². The number of piperidine rings is 1. The number of oxime groups is 1. The van der Waals surface area contributed by atoms with Gasteiger partial charge in [-0.1, -0.05) is 23.7 Å². The van der Waals surface area contributed by atoms with Crippen LogP contribution in [0, 0.1) is 5.92 Å². The Morgan fingerprint density at radius 2 is 2.42 bits per heavy atom. The number of carbonyl (C=O) groups excluding carboxylic acids is 1. The molecule has 0 aliphatic carbocycles. The SMILES string of the molecule is CCC1CN(C(=O)c2ccc(Cl)cn2)CC/C1=N\O. The van der Waals surface area contributed by atoms with Crippen molar-refractivity contribution in [1.29, 1.82) is 0 Å². The van der Waals surface area contributed by atoms with E-state index in [-0.39, 0.29) is 11.8 Å². The van der Waals surface area contributed by atoms with Gasteiger partial charge in [0.05, 0.1) is 10.7 Å². The minimum Gasteiger partial charge on any atom is -0.411 e. The van der Waals surface area contributed by atoms with Crippen molar-refractivity contribution in [3.05, 3.63) is 29.0 Å². The Hall–Kier alpha value is -1.62. The Morgan fingerprint density at radius 3 is 3.00 bits per heavy atom. The number of hydrogen-bond donors (Lipinski definition) is 1. The van der Waals surface area contributed by atoms with Crippen LogP contribution in [-0.4, -0.2) is 39.8 Å². The van der Waals surface area contributed by atoms with Crippen molar-refractivity contribution in [3.8, 4) is 0 Å². The fraction of sp³-hybridized carbons (Fsp3) is 0.462. The van der Waals surface area contributed by atoms with Gasteiger partial charge in [-0.05, 0) is 18.6 Å². The maximum atomic E-state index is 12.3. The van der Waals surface area contributed by atoms with Gasteiger partial charge in [-0.3, -0.25) is 4.79 Å². The third-order valence-electron chi connectivity index (χ3n) is 3.40. The number of nitrogens with zero attached hydrogens (tertiary/aromatic N) is 3. The maximum Gasteiger partial charge on any atom is 0.272 e. The summed E-state index contributed by atoms with van der Waals surface area (Å²) in [5.74, 6) is 0.0158. The highest BCUT2D eigenvalue weighted by Crippen LogP contribution is 2.19. The number of carbonyl (C=O) groups is 1. The molecule has 0 aromatic carbocycles. The van der Waals surface area contributed by atoms with Crippen LogP contribution >= 0.6 is 11.6 Å². The largest absolute Gasteiger partial charge is 0.411 e. The van der Waals surface area contributed by atoms with Crippen molar-refractivity contribution in [2.45, 2.75) is 19.8 Å². The van der Waals surface area contributed by atoms with Crippen LogP contribution in [0.1, 0.15) is 30.3 Å². The standard InChI is InChI=1S/C13H16ClN3O2/c1-2-9-8-17(6-5-11(9)16-19)13(18)12-4-3-10(14)7-15-12/h3-4,7,9,19H,2,5-6,8H2,1H3/b16-11+. The molecule has 0 spiro atoms. The van der Waals surface area contributed by atoms with Gasteiger partial charge >= 0.3 is 0 Å². The molecular weight excluding hydrogens is 266 g/mol. The summed E-state index contributed by atoms with van der Waals surface area (Å²) in [4.78, 5) is 18.1. The highest BCUT2D eigenvalue weighted by atomic mass is 35.5. The minimum atomic E-state index is -0.105. The number of pyridine rings is 1. The van der Waals surface area contributed by atoms with Gasteiger partial charge in [0.25, 0.3) is 5.91 Å². The van der Waals surface area contributed by atoms with Gasteiger partial charge in [0.2, 0.25) is 0 Å². The fourth-order valence-electron chi connectivity index (χ4n) is 2.26. The molecule has 1 atom stereocenters. The zero-order valence-electron chi connectivity index (χ0n) is 10.7. The molecular formula is C13H16ClN3O2. The molecule has 1 saturated heterocycles. The summed E-state index contributed by atoms with van der Waals surface area (Å²) in [6, 6.07) is 3.28. The van der Waals surface area contributed by atoms with Crippen LogP contribution in [0.15, 0.2) is 23.5 Å². The van der Waals surface area contributed by atoms with Crippen LogP contribution in [0.25, 0.3) is 0 Å². The number of halogens is 1. The minimum absolute atomic E-state index is 0.105. The highest BCUT2D eigenvalue weighted by Gasteiger charge is 2.28. The first kappa shape index (κ1) is 13.8. The second-order valence-corrected chi connectivity index (χ2v) is 5.00. The average molecular weight is 282 g/mol.